The summed E-state index contributed by atoms with van der Waals surface area (Å²) in [6.07, 6.45) is 0. The van der Waals surface area contributed by atoms with Crippen molar-refractivity contribution < 1.29 is 0 Å². The molecule has 0 aliphatic carbocycles. The van der Waals surface area contributed by atoms with Crippen LogP contribution in [0.25, 0.3) is 0 Å². The molecule has 1 rings (SSSR count). The Balaban J connectivity index is 3.11. The number of rotatable bonds is 3. The normalized spacial score (nSPS) is 11.2. The Morgan fingerprint density at radius 2 is 1.40 bits per heavy atom. The van der Waals surface area contributed by atoms with E-state index in [0.717, 1.165) is 0 Å². The van der Waals surface area contributed by atoms with Crippen LogP contribution in [0, 0.1) is 13.8 Å². The quantitative estimate of drug-likeness (QED) is 0.754. The van der Waals surface area contributed by atoms with Crippen LogP contribution < -0.4 is 4.81 Å². The monoisotopic (exact) mass is 222 g/mol. The van der Waals surface area contributed by atoms with Crippen LogP contribution in [0.15, 0.2) is 11.9 Å². The zero-order valence-corrected chi connectivity index (χ0v) is 11.7. The first-order valence-corrected chi connectivity index (χ1v) is 6.67. The molecule has 0 amide bonds. The van der Waals surface area contributed by atoms with Gasteiger partial charge in [0.1, 0.15) is 0 Å². The minimum atomic E-state index is 0.492. The maximum Gasteiger partial charge on any atom is -0.0189 e. The van der Waals surface area contributed by atoms with Crippen LogP contribution in [0.5, 0.6) is 0 Å². The fraction of sp³-hybridized carbons (Fsp3) is 0.667. The van der Waals surface area contributed by atoms with Crippen LogP contribution in [0.1, 0.15) is 38.3 Å². The third-order valence-electron chi connectivity index (χ3n) is 2.71. The predicted molar refractivity (Wildman–Crippen MR) is 72.9 cm³/mol. The molecule has 0 radical (unpaired) electrons. The van der Waals surface area contributed by atoms with Crippen LogP contribution in [-0.4, -0.2) is 18.6 Å². The van der Waals surface area contributed by atoms with Gasteiger partial charge in [-0.1, -0.05) is 18.8 Å². The first kappa shape index (κ1) is 12.7. The van der Waals surface area contributed by atoms with Crippen molar-refractivity contribution >= 4 is 14.7 Å². The highest BCUT2D eigenvalue weighted by molar-refractivity contribution is 7.32. The largest absolute Gasteiger partial charge is 0.579 e. The third-order valence-corrected chi connectivity index (χ3v) is 3.72. The molecule has 0 atom stereocenters. The lowest BCUT2D eigenvalue weighted by Gasteiger charge is -2.44. The minimum Gasteiger partial charge on any atom is -0.579 e. The van der Waals surface area contributed by atoms with Gasteiger partial charge >= 0.3 is 0 Å². The summed E-state index contributed by atoms with van der Waals surface area (Å²) in [5.74, 6) is 4.79. The number of hydrogen-bond acceptors (Lipinski definition) is 1. The van der Waals surface area contributed by atoms with Crippen molar-refractivity contribution in [1.82, 2.24) is 0 Å². The molecule has 84 valence electrons. The standard InChI is InChI=1S/C12H22BNP/c1-9(2)14(10(3)4)13-7-11(5)15-12(6)8-13/h7-10H,1-6H3/q-1. The third kappa shape index (κ3) is 3.31. The maximum absolute atomic E-state index is 2.56. The Morgan fingerprint density at radius 3 is 1.73 bits per heavy atom. The molecule has 0 bridgehead atoms. The van der Waals surface area contributed by atoms with E-state index in [2.05, 4.69) is 58.3 Å². The highest BCUT2D eigenvalue weighted by Gasteiger charge is 2.05. The van der Waals surface area contributed by atoms with Gasteiger partial charge in [0.2, 0.25) is 0 Å². The van der Waals surface area contributed by atoms with Crippen molar-refractivity contribution in [2.45, 2.75) is 53.6 Å². The summed E-state index contributed by atoms with van der Waals surface area (Å²) >= 11 is 0. The number of aryl methyl sites for hydroxylation is 2. The van der Waals surface area contributed by atoms with Crippen molar-refractivity contribution in [2.75, 3.05) is 4.81 Å². The lowest BCUT2D eigenvalue weighted by molar-refractivity contribution is 0.640. The Labute approximate surface area is 96.1 Å². The topological polar surface area (TPSA) is 3.24 Å². The zero-order valence-electron chi connectivity index (χ0n) is 10.8. The van der Waals surface area contributed by atoms with Crippen molar-refractivity contribution in [3.05, 3.63) is 22.5 Å². The molecule has 0 aromatic carbocycles. The van der Waals surface area contributed by atoms with Crippen molar-refractivity contribution in [3.8, 4) is 0 Å². The summed E-state index contributed by atoms with van der Waals surface area (Å²) in [7, 11) is 1.40. The van der Waals surface area contributed by atoms with Gasteiger partial charge in [-0.25, -0.2) is 11.9 Å². The average molecular weight is 222 g/mol. The smallest absolute Gasteiger partial charge is 0.0189 e. The molecule has 1 aromatic rings. The van der Waals surface area contributed by atoms with Gasteiger partial charge in [-0.2, -0.15) is 0 Å². The molecule has 1 aromatic heterocycles. The first-order valence-electron chi connectivity index (χ1n) is 5.78. The summed E-state index contributed by atoms with van der Waals surface area (Å²) in [6, 6.07) is 1.19. The maximum atomic E-state index is 2.56. The van der Waals surface area contributed by atoms with Gasteiger partial charge in [0.15, 0.2) is 0 Å². The second-order valence-electron chi connectivity index (χ2n) is 4.85. The van der Waals surface area contributed by atoms with Crippen molar-refractivity contribution in [3.63, 3.8) is 0 Å². The molecule has 0 spiro atoms. The van der Waals surface area contributed by atoms with E-state index < -0.39 is 0 Å². The summed E-state index contributed by atoms with van der Waals surface area (Å²) in [5.41, 5.74) is 0. The molecule has 0 aliphatic rings. The molecule has 1 heterocycles. The molecule has 0 fully saturated rings. The van der Waals surface area contributed by atoms with E-state index in [0.29, 0.717) is 18.6 Å². The van der Waals surface area contributed by atoms with E-state index in [1.165, 1.54) is 18.8 Å². The fourth-order valence-corrected chi connectivity index (χ4v) is 3.36. The Hall–Kier alpha value is -0.355. The van der Waals surface area contributed by atoms with Crippen molar-refractivity contribution in [1.29, 1.82) is 0 Å². The second kappa shape index (κ2) is 5.12. The van der Waals surface area contributed by atoms with Crippen molar-refractivity contribution in [2.24, 2.45) is 0 Å². The van der Waals surface area contributed by atoms with Gasteiger partial charge < -0.3 is 4.81 Å². The first-order chi connectivity index (χ1) is 6.91. The van der Waals surface area contributed by atoms with Crippen LogP contribution >= 0.6 is 8.19 Å². The van der Waals surface area contributed by atoms with E-state index >= 15 is 0 Å². The van der Waals surface area contributed by atoms with Crippen LogP contribution in [0.4, 0.5) is 0 Å². The van der Waals surface area contributed by atoms with E-state index in [-0.39, 0.29) is 0 Å². The van der Waals surface area contributed by atoms with E-state index in [9.17, 15) is 0 Å². The lowest BCUT2D eigenvalue weighted by Crippen LogP contribution is -2.46. The molecule has 15 heavy (non-hydrogen) atoms. The highest BCUT2D eigenvalue weighted by Crippen LogP contribution is 2.18. The summed E-state index contributed by atoms with van der Waals surface area (Å²) < 4.78 is 0. The second-order valence-corrected chi connectivity index (χ2v) is 6.49. The molecule has 0 saturated carbocycles. The predicted octanol–water partition coefficient (Wildman–Crippen LogP) is 3.66. The molecular formula is C12H22BNP-. The molecule has 0 saturated heterocycles. The van der Waals surface area contributed by atoms with E-state index in [4.69, 9.17) is 0 Å². The summed E-state index contributed by atoms with van der Waals surface area (Å²) in [6.45, 7) is 14.0. The van der Waals surface area contributed by atoms with E-state index in [1.54, 1.807) is 0 Å². The van der Waals surface area contributed by atoms with Gasteiger partial charge in [0.05, 0.1) is 0 Å². The van der Waals surface area contributed by atoms with Crippen LogP contribution in [0.3, 0.4) is 0 Å². The SMILES string of the molecule is Cc1c[b-](N(C(C)C)C(C)C)cc(C)p1. The Morgan fingerprint density at radius 1 is 1.00 bits per heavy atom. The molecule has 0 aliphatic heterocycles. The molecular weight excluding hydrogens is 200 g/mol. The summed E-state index contributed by atoms with van der Waals surface area (Å²) in [4.78, 5) is 2.56. The van der Waals surface area contributed by atoms with Gasteiger partial charge in [0.25, 0.3) is 0 Å². The number of nitrogens with zero attached hydrogens (tertiary/aromatic N) is 1. The van der Waals surface area contributed by atoms with Crippen LogP contribution in [0.2, 0.25) is 0 Å². The molecule has 0 unspecified atom stereocenters. The molecule has 0 N–H and O–H groups in total. The Bertz CT molecular complexity index is 308. The summed E-state index contributed by atoms with van der Waals surface area (Å²) in [5, 5.41) is 2.96. The molecule has 3 heteroatoms. The minimum absolute atomic E-state index is 0.492. The van der Waals surface area contributed by atoms with Gasteiger partial charge in [-0.05, 0) is 60.1 Å². The van der Waals surface area contributed by atoms with E-state index in [1.807, 2.05) is 0 Å². The van der Waals surface area contributed by atoms with Gasteiger partial charge in [0, 0.05) is 0 Å². The highest BCUT2D eigenvalue weighted by atomic mass is 31.0. The molecule has 1 nitrogen and oxygen atoms in total. The zero-order chi connectivity index (χ0) is 11.6. The average Bonchev–Trinajstić information content (AvgIpc) is 1.99. The lowest BCUT2D eigenvalue weighted by atomic mass is 9.75. The van der Waals surface area contributed by atoms with Gasteiger partial charge in [-0.3, -0.25) is 0 Å². The Kier molecular flexibility index (Phi) is 4.34. The fourth-order valence-electron chi connectivity index (χ4n) is 2.35. The number of hydrogen-bond donors (Lipinski definition) is 0. The van der Waals surface area contributed by atoms with Gasteiger partial charge in [-0.15, -0.1) is 0 Å². The van der Waals surface area contributed by atoms with Crippen LogP contribution in [-0.2, 0) is 0 Å².